The number of hydrogen-bond donors (Lipinski definition) is 1. The highest BCUT2D eigenvalue weighted by Crippen LogP contribution is 2.10. The fourth-order valence-electron chi connectivity index (χ4n) is 2.41. The van der Waals surface area contributed by atoms with E-state index in [0.717, 1.165) is 39.3 Å². The SMILES string of the molecule is CC(C)N1CCOC(CN2CCNCC2=O)C1. The fraction of sp³-hybridized carbons (Fsp3) is 0.917. The standard InChI is InChI=1S/C12H23N3O2/c1-10(2)14-5-6-17-11(8-14)9-15-4-3-13-7-12(15)16/h10-11,13H,3-9H2,1-2H3. The second-order valence-electron chi connectivity index (χ2n) is 5.10. The van der Waals surface area contributed by atoms with Gasteiger partial charge in [-0.05, 0) is 13.8 Å². The van der Waals surface area contributed by atoms with Crippen LogP contribution < -0.4 is 5.32 Å². The summed E-state index contributed by atoms with van der Waals surface area (Å²) in [5.74, 6) is 0.196. The first kappa shape index (κ1) is 12.8. The molecule has 98 valence electrons. The van der Waals surface area contributed by atoms with Crippen molar-refractivity contribution < 1.29 is 9.53 Å². The average molecular weight is 241 g/mol. The van der Waals surface area contributed by atoms with Crippen LogP contribution in [0.15, 0.2) is 0 Å². The van der Waals surface area contributed by atoms with Gasteiger partial charge in [0, 0.05) is 38.8 Å². The van der Waals surface area contributed by atoms with E-state index in [2.05, 4.69) is 24.1 Å². The van der Waals surface area contributed by atoms with E-state index in [4.69, 9.17) is 4.74 Å². The average Bonchev–Trinajstić information content (AvgIpc) is 2.32. The minimum absolute atomic E-state index is 0.174. The maximum Gasteiger partial charge on any atom is 0.236 e. The number of morpholine rings is 1. The molecule has 1 atom stereocenters. The molecule has 2 rings (SSSR count). The minimum atomic E-state index is 0.174. The summed E-state index contributed by atoms with van der Waals surface area (Å²) in [6.07, 6.45) is 0.174. The lowest BCUT2D eigenvalue weighted by Crippen LogP contribution is -2.54. The van der Waals surface area contributed by atoms with Gasteiger partial charge in [-0.1, -0.05) is 0 Å². The molecule has 0 aromatic carbocycles. The molecule has 0 radical (unpaired) electrons. The number of amides is 1. The molecule has 0 aromatic rings. The molecular formula is C12H23N3O2. The number of hydrogen-bond acceptors (Lipinski definition) is 4. The van der Waals surface area contributed by atoms with Gasteiger partial charge in [0.1, 0.15) is 0 Å². The van der Waals surface area contributed by atoms with E-state index in [1.807, 2.05) is 4.90 Å². The van der Waals surface area contributed by atoms with Crippen LogP contribution in [0.4, 0.5) is 0 Å². The normalized spacial score (nSPS) is 27.8. The number of rotatable bonds is 3. The van der Waals surface area contributed by atoms with Crippen molar-refractivity contribution in [3.8, 4) is 0 Å². The zero-order chi connectivity index (χ0) is 12.3. The molecule has 1 unspecified atom stereocenters. The van der Waals surface area contributed by atoms with Crippen molar-refractivity contribution in [2.75, 3.05) is 45.9 Å². The monoisotopic (exact) mass is 241 g/mol. The van der Waals surface area contributed by atoms with Gasteiger partial charge < -0.3 is 15.0 Å². The molecule has 0 bridgehead atoms. The van der Waals surface area contributed by atoms with E-state index < -0.39 is 0 Å². The van der Waals surface area contributed by atoms with Crippen LogP contribution in [0.1, 0.15) is 13.8 Å². The Morgan fingerprint density at radius 2 is 2.29 bits per heavy atom. The molecule has 1 N–H and O–H groups in total. The van der Waals surface area contributed by atoms with Gasteiger partial charge in [-0.15, -0.1) is 0 Å². The highest BCUT2D eigenvalue weighted by atomic mass is 16.5. The molecule has 2 heterocycles. The quantitative estimate of drug-likeness (QED) is 0.725. The number of nitrogens with zero attached hydrogens (tertiary/aromatic N) is 2. The first-order chi connectivity index (χ1) is 8.16. The number of carbonyl (C=O) groups excluding carboxylic acids is 1. The van der Waals surface area contributed by atoms with Gasteiger partial charge in [0.2, 0.25) is 5.91 Å². The lowest BCUT2D eigenvalue weighted by atomic mass is 10.2. The van der Waals surface area contributed by atoms with Crippen molar-refractivity contribution in [3.63, 3.8) is 0 Å². The smallest absolute Gasteiger partial charge is 0.236 e. The molecule has 1 amide bonds. The second-order valence-corrected chi connectivity index (χ2v) is 5.10. The van der Waals surface area contributed by atoms with Crippen molar-refractivity contribution in [2.45, 2.75) is 26.0 Å². The molecule has 0 spiro atoms. The van der Waals surface area contributed by atoms with Gasteiger partial charge in [-0.25, -0.2) is 0 Å². The van der Waals surface area contributed by atoms with E-state index in [1.54, 1.807) is 0 Å². The van der Waals surface area contributed by atoms with E-state index in [9.17, 15) is 4.79 Å². The minimum Gasteiger partial charge on any atom is -0.374 e. The van der Waals surface area contributed by atoms with Crippen molar-refractivity contribution in [1.82, 2.24) is 15.1 Å². The zero-order valence-electron chi connectivity index (χ0n) is 10.8. The largest absolute Gasteiger partial charge is 0.374 e. The highest BCUT2D eigenvalue weighted by Gasteiger charge is 2.26. The number of nitrogens with one attached hydrogen (secondary N) is 1. The van der Waals surface area contributed by atoms with Crippen molar-refractivity contribution in [2.24, 2.45) is 0 Å². The number of ether oxygens (including phenoxy) is 1. The molecule has 0 aromatic heterocycles. The maximum absolute atomic E-state index is 11.7. The Balaban J connectivity index is 1.83. The molecule has 5 nitrogen and oxygen atoms in total. The molecule has 2 fully saturated rings. The van der Waals surface area contributed by atoms with Crippen molar-refractivity contribution in [1.29, 1.82) is 0 Å². The van der Waals surface area contributed by atoms with Crippen LogP contribution in [-0.4, -0.2) is 73.7 Å². The number of piperazine rings is 1. The summed E-state index contributed by atoms with van der Waals surface area (Å²) < 4.78 is 5.75. The van der Waals surface area contributed by atoms with E-state index in [1.165, 1.54) is 0 Å². The first-order valence-electron chi connectivity index (χ1n) is 6.51. The Morgan fingerprint density at radius 3 is 3.00 bits per heavy atom. The summed E-state index contributed by atoms with van der Waals surface area (Å²) in [4.78, 5) is 16.0. The van der Waals surface area contributed by atoms with Crippen LogP contribution >= 0.6 is 0 Å². The van der Waals surface area contributed by atoms with E-state index >= 15 is 0 Å². The molecule has 5 heteroatoms. The summed E-state index contributed by atoms with van der Waals surface area (Å²) in [5.41, 5.74) is 0. The third kappa shape index (κ3) is 3.40. The molecule has 0 saturated carbocycles. The van der Waals surface area contributed by atoms with Gasteiger partial charge in [0.05, 0.1) is 19.3 Å². The Kier molecular flexibility index (Phi) is 4.36. The van der Waals surface area contributed by atoms with Crippen LogP contribution in [0.5, 0.6) is 0 Å². The van der Waals surface area contributed by atoms with Crippen molar-refractivity contribution in [3.05, 3.63) is 0 Å². The van der Waals surface area contributed by atoms with Crippen LogP contribution in [-0.2, 0) is 9.53 Å². The van der Waals surface area contributed by atoms with Crippen molar-refractivity contribution >= 4 is 5.91 Å². The molecular weight excluding hydrogens is 218 g/mol. The van der Waals surface area contributed by atoms with Crippen LogP contribution in [0.3, 0.4) is 0 Å². The lowest BCUT2D eigenvalue weighted by molar-refractivity contribution is -0.135. The summed E-state index contributed by atoms with van der Waals surface area (Å²) in [5, 5.41) is 3.09. The summed E-state index contributed by atoms with van der Waals surface area (Å²) in [6, 6.07) is 0.556. The van der Waals surface area contributed by atoms with Gasteiger partial charge >= 0.3 is 0 Å². The number of carbonyl (C=O) groups is 1. The Labute approximate surface area is 103 Å². The van der Waals surface area contributed by atoms with E-state index in [-0.39, 0.29) is 12.0 Å². The Bertz CT molecular complexity index is 270. The van der Waals surface area contributed by atoms with Gasteiger partial charge in [-0.2, -0.15) is 0 Å². The molecule has 2 aliphatic heterocycles. The van der Waals surface area contributed by atoms with Gasteiger partial charge in [-0.3, -0.25) is 9.69 Å². The second kappa shape index (κ2) is 5.80. The molecule has 2 aliphatic rings. The third-order valence-corrected chi connectivity index (χ3v) is 3.51. The summed E-state index contributed by atoms with van der Waals surface area (Å²) in [6.45, 7) is 10.1. The van der Waals surface area contributed by atoms with Gasteiger partial charge in [0.15, 0.2) is 0 Å². The van der Waals surface area contributed by atoms with Crippen LogP contribution in [0, 0.1) is 0 Å². The first-order valence-corrected chi connectivity index (χ1v) is 6.51. The summed E-state index contributed by atoms with van der Waals surface area (Å²) >= 11 is 0. The predicted molar refractivity (Wildman–Crippen MR) is 65.9 cm³/mol. The van der Waals surface area contributed by atoms with Gasteiger partial charge in [0.25, 0.3) is 0 Å². The lowest BCUT2D eigenvalue weighted by Gasteiger charge is -2.38. The van der Waals surface area contributed by atoms with Crippen LogP contribution in [0.2, 0.25) is 0 Å². The maximum atomic E-state index is 11.7. The molecule has 0 aliphatic carbocycles. The van der Waals surface area contributed by atoms with E-state index in [0.29, 0.717) is 12.6 Å². The predicted octanol–water partition coefficient (Wildman–Crippen LogP) is -0.473. The molecule has 2 saturated heterocycles. The van der Waals surface area contributed by atoms with Crippen LogP contribution in [0.25, 0.3) is 0 Å². The fourth-order valence-corrected chi connectivity index (χ4v) is 2.41. The Morgan fingerprint density at radius 1 is 1.47 bits per heavy atom. The molecule has 17 heavy (non-hydrogen) atoms. The summed E-state index contributed by atoms with van der Waals surface area (Å²) in [7, 11) is 0. The Hall–Kier alpha value is -0.650. The highest BCUT2D eigenvalue weighted by molar-refractivity contribution is 5.79. The zero-order valence-corrected chi connectivity index (χ0v) is 10.8. The third-order valence-electron chi connectivity index (χ3n) is 3.51. The topological polar surface area (TPSA) is 44.8 Å².